The number of amides is 1. The highest BCUT2D eigenvalue weighted by Crippen LogP contribution is 2.27. The zero-order chi connectivity index (χ0) is 22.5. The van der Waals surface area contributed by atoms with Gasteiger partial charge in [-0.05, 0) is 54.1 Å². The summed E-state index contributed by atoms with van der Waals surface area (Å²) in [6.07, 6.45) is -0.974. The molecular weight excluding hydrogens is 408 g/mol. The minimum Gasteiger partial charge on any atom is -0.496 e. The molecule has 1 heterocycles. The van der Waals surface area contributed by atoms with Crippen LogP contribution in [-0.4, -0.2) is 51.4 Å². The van der Waals surface area contributed by atoms with E-state index in [0.29, 0.717) is 24.7 Å². The molecule has 1 aliphatic rings. The Kier molecular flexibility index (Phi) is 6.56. The number of methoxy groups -OCH3 is 1. The molecule has 7 heteroatoms. The highest BCUT2D eigenvalue weighted by Gasteiger charge is 2.22. The van der Waals surface area contributed by atoms with Gasteiger partial charge in [-0.3, -0.25) is 4.79 Å². The monoisotopic (exact) mass is 434 g/mol. The third kappa shape index (κ3) is 4.84. The Labute approximate surface area is 186 Å². The molecule has 1 fully saturated rings. The van der Waals surface area contributed by atoms with E-state index in [9.17, 15) is 9.59 Å². The number of nitrogens with zero attached hydrogens (tertiary/aromatic N) is 1. The van der Waals surface area contributed by atoms with Crippen LogP contribution in [0, 0.1) is 0 Å². The number of morpholine rings is 1. The lowest BCUT2D eigenvalue weighted by atomic mass is 10.1. The number of hydrogen-bond donors (Lipinski definition) is 1. The van der Waals surface area contributed by atoms with E-state index >= 15 is 0 Å². The average Bonchev–Trinajstić information content (AvgIpc) is 2.84. The number of anilines is 2. The Morgan fingerprint density at radius 1 is 1.00 bits per heavy atom. The Bertz CT molecular complexity index is 1110. The van der Waals surface area contributed by atoms with Gasteiger partial charge in [-0.1, -0.05) is 24.3 Å². The van der Waals surface area contributed by atoms with Crippen molar-refractivity contribution < 1.29 is 23.8 Å². The third-order valence-corrected chi connectivity index (χ3v) is 5.45. The molecular formula is C25H26N2O5. The van der Waals surface area contributed by atoms with E-state index in [4.69, 9.17) is 14.2 Å². The summed E-state index contributed by atoms with van der Waals surface area (Å²) >= 11 is 0. The molecule has 1 aliphatic heterocycles. The Morgan fingerprint density at radius 2 is 1.66 bits per heavy atom. The van der Waals surface area contributed by atoms with Crippen molar-refractivity contribution in [3.8, 4) is 5.75 Å². The first-order valence-electron chi connectivity index (χ1n) is 10.6. The summed E-state index contributed by atoms with van der Waals surface area (Å²) in [6, 6.07) is 18.7. The van der Waals surface area contributed by atoms with Crippen LogP contribution < -0.4 is 15.0 Å². The van der Waals surface area contributed by atoms with Crippen LogP contribution in [-0.2, 0) is 14.3 Å². The van der Waals surface area contributed by atoms with Crippen LogP contribution >= 0.6 is 0 Å². The van der Waals surface area contributed by atoms with Crippen LogP contribution in [0.15, 0.2) is 60.7 Å². The molecule has 0 aliphatic carbocycles. The smallest absolute Gasteiger partial charge is 0.342 e. The number of ether oxygens (including phenoxy) is 3. The fourth-order valence-electron chi connectivity index (χ4n) is 3.65. The van der Waals surface area contributed by atoms with Crippen LogP contribution in [0.5, 0.6) is 5.75 Å². The first-order chi connectivity index (χ1) is 15.5. The Morgan fingerprint density at radius 3 is 2.31 bits per heavy atom. The predicted molar refractivity (Wildman–Crippen MR) is 123 cm³/mol. The number of hydrogen-bond acceptors (Lipinski definition) is 6. The van der Waals surface area contributed by atoms with Crippen molar-refractivity contribution in [1.82, 2.24) is 0 Å². The van der Waals surface area contributed by atoms with Crippen molar-refractivity contribution >= 4 is 34.0 Å². The van der Waals surface area contributed by atoms with Gasteiger partial charge in [-0.15, -0.1) is 0 Å². The standard InChI is InChI=1S/C25H26N2O5/c1-17(24(28)26-20-7-9-21(10-8-20)27-11-13-31-14-12-27)32-25(29)22-15-18-5-3-4-6-19(18)16-23(22)30-2/h3-10,15-17H,11-14H2,1-2H3,(H,26,28). The van der Waals surface area contributed by atoms with Gasteiger partial charge in [0, 0.05) is 24.5 Å². The number of esters is 1. The van der Waals surface area contributed by atoms with Crippen molar-refractivity contribution in [2.24, 2.45) is 0 Å². The molecule has 0 radical (unpaired) electrons. The van der Waals surface area contributed by atoms with Crippen molar-refractivity contribution in [3.05, 3.63) is 66.2 Å². The fraction of sp³-hybridized carbons (Fsp3) is 0.280. The molecule has 4 rings (SSSR count). The summed E-state index contributed by atoms with van der Waals surface area (Å²) in [7, 11) is 1.50. The number of carbonyl (C=O) groups excluding carboxylic acids is 2. The molecule has 3 aromatic rings. The summed E-state index contributed by atoms with van der Waals surface area (Å²) < 4.78 is 16.2. The number of fused-ring (bicyclic) bond motifs is 1. The fourth-order valence-corrected chi connectivity index (χ4v) is 3.65. The van der Waals surface area contributed by atoms with Gasteiger partial charge in [0.15, 0.2) is 6.10 Å². The maximum absolute atomic E-state index is 12.8. The number of nitrogens with one attached hydrogen (secondary N) is 1. The number of carbonyl (C=O) groups is 2. The molecule has 1 amide bonds. The van der Waals surface area contributed by atoms with Crippen molar-refractivity contribution in [3.63, 3.8) is 0 Å². The number of benzene rings is 3. The zero-order valence-electron chi connectivity index (χ0n) is 18.2. The summed E-state index contributed by atoms with van der Waals surface area (Å²) in [6.45, 7) is 4.66. The molecule has 1 N–H and O–H groups in total. The SMILES string of the molecule is COc1cc2ccccc2cc1C(=O)OC(C)C(=O)Nc1ccc(N2CCOCC2)cc1. The lowest BCUT2D eigenvalue weighted by molar-refractivity contribution is -0.123. The van der Waals surface area contributed by atoms with Crippen LogP contribution in [0.3, 0.4) is 0 Å². The molecule has 0 aromatic heterocycles. The van der Waals surface area contributed by atoms with Crippen molar-refractivity contribution in [2.75, 3.05) is 43.6 Å². The Hall–Kier alpha value is -3.58. The molecule has 1 atom stereocenters. The minimum atomic E-state index is -0.974. The molecule has 166 valence electrons. The molecule has 0 saturated carbocycles. The van der Waals surface area contributed by atoms with Crippen LogP contribution in [0.4, 0.5) is 11.4 Å². The van der Waals surface area contributed by atoms with Crippen molar-refractivity contribution in [1.29, 1.82) is 0 Å². The molecule has 1 unspecified atom stereocenters. The van der Waals surface area contributed by atoms with Gasteiger partial charge in [0.25, 0.3) is 5.91 Å². The van der Waals surface area contributed by atoms with Gasteiger partial charge in [-0.25, -0.2) is 4.79 Å². The normalized spacial score (nSPS) is 14.6. The highest BCUT2D eigenvalue weighted by atomic mass is 16.5. The topological polar surface area (TPSA) is 77.1 Å². The van der Waals surface area contributed by atoms with Gasteiger partial charge >= 0.3 is 5.97 Å². The van der Waals surface area contributed by atoms with Gasteiger partial charge in [0.05, 0.1) is 20.3 Å². The summed E-state index contributed by atoms with van der Waals surface area (Å²) in [5.41, 5.74) is 1.99. The lowest BCUT2D eigenvalue weighted by Crippen LogP contribution is -2.36. The molecule has 7 nitrogen and oxygen atoms in total. The van der Waals surface area contributed by atoms with Crippen LogP contribution in [0.25, 0.3) is 10.8 Å². The van der Waals surface area contributed by atoms with E-state index in [0.717, 1.165) is 29.5 Å². The lowest BCUT2D eigenvalue weighted by Gasteiger charge is -2.28. The quantitative estimate of drug-likeness (QED) is 0.594. The molecule has 0 bridgehead atoms. The molecule has 32 heavy (non-hydrogen) atoms. The van der Waals surface area contributed by atoms with Crippen LogP contribution in [0.1, 0.15) is 17.3 Å². The van der Waals surface area contributed by atoms with E-state index in [1.807, 2.05) is 48.5 Å². The van der Waals surface area contributed by atoms with Gasteiger partial charge in [-0.2, -0.15) is 0 Å². The molecule has 0 spiro atoms. The number of rotatable bonds is 6. The second-order valence-electron chi connectivity index (χ2n) is 7.58. The summed E-state index contributed by atoms with van der Waals surface area (Å²) in [5.74, 6) is -0.616. The predicted octanol–water partition coefficient (Wildman–Crippen LogP) is 3.87. The van der Waals surface area contributed by atoms with Crippen molar-refractivity contribution in [2.45, 2.75) is 13.0 Å². The van der Waals surface area contributed by atoms with E-state index in [1.165, 1.54) is 7.11 Å². The van der Waals surface area contributed by atoms with Crippen LogP contribution in [0.2, 0.25) is 0 Å². The van der Waals surface area contributed by atoms with E-state index in [2.05, 4.69) is 10.2 Å². The first kappa shape index (κ1) is 21.6. The van der Waals surface area contributed by atoms with E-state index < -0.39 is 18.0 Å². The third-order valence-electron chi connectivity index (χ3n) is 5.45. The highest BCUT2D eigenvalue weighted by molar-refractivity contribution is 6.01. The maximum Gasteiger partial charge on any atom is 0.342 e. The largest absolute Gasteiger partial charge is 0.496 e. The zero-order valence-corrected chi connectivity index (χ0v) is 18.2. The van der Waals surface area contributed by atoms with Gasteiger partial charge in [0.2, 0.25) is 0 Å². The second-order valence-corrected chi connectivity index (χ2v) is 7.58. The summed E-state index contributed by atoms with van der Waals surface area (Å²) in [4.78, 5) is 27.6. The summed E-state index contributed by atoms with van der Waals surface area (Å²) in [5, 5.41) is 4.63. The molecule has 3 aromatic carbocycles. The van der Waals surface area contributed by atoms with Gasteiger partial charge in [0.1, 0.15) is 11.3 Å². The van der Waals surface area contributed by atoms with E-state index in [1.54, 1.807) is 19.1 Å². The average molecular weight is 434 g/mol. The minimum absolute atomic E-state index is 0.278. The second kappa shape index (κ2) is 9.70. The first-order valence-corrected chi connectivity index (χ1v) is 10.6. The van der Waals surface area contributed by atoms with Gasteiger partial charge < -0.3 is 24.4 Å². The van der Waals surface area contributed by atoms with E-state index in [-0.39, 0.29) is 5.56 Å². The maximum atomic E-state index is 12.8. The Balaban J connectivity index is 1.40. The molecule has 1 saturated heterocycles.